The first-order chi connectivity index (χ1) is 14.1. The molecule has 4 rings (SSSR count). The standard InChI is InChI=1S/C21H22FN5O2/c22-17-7-5-15(6-8-17)3-4-16-2-1-11-26(13-16)21(29)19-10-9-18(12-20(19)28)27-14-23-24-25-27/h5-10,12,14,16,28H,1-4,11,13H2/t16-/m1/s1. The molecule has 0 aliphatic carbocycles. The minimum Gasteiger partial charge on any atom is -0.507 e. The lowest BCUT2D eigenvalue weighted by Gasteiger charge is -2.33. The van der Waals surface area contributed by atoms with Crippen LogP contribution in [-0.2, 0) is 6.42 Å². The maximum atomic E-state index is 13.0. The van der Waals surface area contributed by atoms with Crippen molar-refractivity contribution in [2.75, 3.05) is 13.1 Å². The van der Waals surface area contributed by atoms with Crippen molar-refractivity contribution in [2.45, 2.75) is 25.7 Å². The molecule has 29 heavy (non-hydrogen) atoms. The molecule has 8 heteroatoms. The third-order valence-electron chi connectivity index (χ3n) is 5.39. The average molecular weight is 395 g/mol. The molecule has 1 fully saturated rings. The first-order valence-corrected chi connectivity index (χ1v) is 9.70. The van der Waals surface area contributed by atoms with E-state index in [1.165, 1.54) is 29.2 Å². The predicted molar refractivity (Wildman–Crippen MR) is 104 cm³/mol. The van der Waals surface area contributed by atoms with Gasteiger partial charge in [-0.25, -0.2) is 9.07 Å². The van der Waals surface area contributed by atoms with Crippen LogP contribution in [-0.4, -0.2) is 49.2 Å². The van der Waals surface area contributed by atoms with Crippen LogP contribution in [0.3, 0.4) is 0 Å². The molecule has 2 aromatic carbocycles. The Morgan fingerprint density at radius 3 is 2.76 bits per heavy atom. The van der Waals surface area contributed by atoms with E-state index in [4.69, 9.17) is 0 Å². The Balaban J connectivity index is 1.40. The quantitative estimate of drug-likeness (QED) is 0.718. The normalized spacial score (nSPS) is 16.7. The number of aromatic hydroxyl groups is 1. The SMILES string of the molecule is O=C(c1ccc(-n2cnnn2)cc1O)N1CCC[C@H](CCc2ccc(F)cc2)C1. The number of piperidine rings is 1. The molecule has 1 N–H and O–H groups in total. The van der Waals surface area contributed by atoms with Gasteiger partial charge in [-0.3, -0.25) is 4.79 Å². The Morgan fingerprint density at radius 1 is 1.21 bits per heavy atom. The predicted octanol–water partition coefficient (Wildman–Crippen LogP) is 2.99. The van der Waals surface area contributed by atoms with Crippen molar-refractivity contribution in [1.82, 2.24) is 25.1 Å². The summed E-state index contributed by atoms with van der Waals surface area (Å²) in [5, 5.41) is 21.3. The molecule has 1 aromatic heterocycles. The van der Waals surface area contributed by atoms with Crippen molar-refractivity contribution in [3.05, 3.63) is 65.7 Å². The molecular weight excluding hydrogens is 373 g/mol. The number of halogens is 1. The van der Waals surface area contributed by atoms with E-state index in [9.17, 15) is 14.3 Å². The van der Waals surface area contributed by atoms with Crippen LogP contribution in [0, 0.1) is 11.7 Å². The summed E-state index contributed by atoms with van der Waals surface area (Å²) in [6.45, 7) is 1.34. The van der Waals surface area contributed by atoms with E-state index < -0.39 is 0 Å². The van der Waals surface area contributed by atoms with Gasteiger partial charge in [0.25, 0.3) is 5.91 Å². The molecule has 1 aliphatic rings. The Kier molecular flexibility index (Phi) is 5.50. The monoisotopic (exact) mass is 395 g/mol. The van der Waals surface area contributed by atoms with Gasteiger partial charge in [-0.15, -0.1) is 5.10 Å². The van der Waals surface area contributed by atoms with Gasteiger partial charge >= 0.3 is 0 Å². The number of phenols is 1. The Labute approximate surface area is 167 Å². The van der Waals surface area contributed by atoms with Gasteiger partial charge in [0.15, 0.2) is 0 Å². The summed E-state index contributed by atoms with van der Waals surface area (Å²) >= 11 is 0. The second-order valence-corrected chi connectivity index (χ2v) is 7.38. The van der Waals surface area contributed by atoms with Gasteiger partial charge in [0.2, 0.25) is 0 Å². The fraction of sp³-hybridized carbons (Fsp3) is 0.333. The Morgan fingerprint density at radius 2 is 2.03 bits per heavy atom. The van der Waals surface area contributed by atoms with E-state index in [0.29, 0.717) is 24.7 Å². The number of aromatic nitrogens is 4. The number of hydrogen-bond acceptors (Lipinski definition) is 5. The maximum Gasteiger partial charge on any atom is 0.257 e. The van der Waals surface area contributed by atoms with Gasteiger partial charge in [0, 0.05) is 19.2 Å². The second kappa shape index (κ2) is 8.38. The maximum absolute atomic E-state index is 13.0. The number of aryl methyl sites for hydroxylation is 1. The van der Waals surface area contributed by atoms with E-state index in [0.717, 1.165) is 31.2 Å². The highest BCUT2D eigenvalue weighted by Gasteiger charge is 2.26. The van der Waals surface area contributed by atoms with Crippen LogP contribution in [0.4, 0.5) is 4.39 Å². The molecule has 0 unspecified atom stereocenters. The minimum absolute atomic E-state index is 0.0866. The van der Waals surface area contributed by atoms with Crippen LogP contribution in [0.1, 0.15) is 35.2 Å². The third kappa shape index (κ3) is 4.42. The molecule has 1 aliphatic heterocycles. The largest absolute Gasteiger partial charge is 0.507 e. The molecule has 0 bridgehead atoms. The van der Waals surface area contributed by atoms with Crippen molar-refractivity contribution >= 4 is 5.91 Å². The number of amides is 1. The lowest BCUT2D eigenvalue weighted by atomic mass is 9.91. The number of carbonyl (C=O) groups is 1. The van der Waals surface area contributed by atoms with Crippen molar-refractivity contribution in [3.63, 3.8) is 0 Å². The lowest BCUT2D eigenvalue weighted by molar-refractivity contribution is 0.0665. The molecule has 0 radical (unpaired) electrons. The van der Waals surface area contributed by atoms with Crippen LogP contribution in [0.25, 0.3) is 5.69 Å². The van der Waals surface area contributed by atoms with E-state index in [1.54, 1.807) is 12.1 Å². The van der Waals surface area contributed by atoms with E-state index in [-0.39, 0.29) is 23.0 Å². The highest BCUT2D eigenvalue weighted by atomic mass is 19.1. The van der Waals surface area contributed by atoms with Gasteiger partial charge in [0.1, 0.15) is 17.9 Å². The molecule has 0 spiro atoms. The summed E-state index contributed by atoms with van der Waals surface area (Å²) in [6, 6.07) is 11.4. The summed E-state index contributed by atoms with van der Waals surface area (Å²) < 4.78 is 14.5. The molecule has 3 aromatic rings. The first kappa shape index (κ1) is 19.0. The molecule has 1 saturated heterocycles. The van der Waals surface area contributed by atoms with Gasteiger partial charge in [-0.1, -0.05) is 12.1 Å². The first-order valence-electron chi connectivity index (χ1n) is 9.70. The van der Waals surface area contributed by atoms with Gasteiger partial charge < -0.3 is 10.0 Å². The molecule has 150 valence electrons. The molecule has 1 atom stereocenters. The van der Waals surface area contributed by atoms with Crippen LogP contribution in [0.2, 0.25) is 0 Å². The average Bonchev–Trinajstić information content (AvgIpc) is 3.28. The van der Waals surface area contributed by atoms with Gasteiger partial charge in [-0.05, 0) is 71.9 Å². The number of nitrogens with zero attached hydrogens (tertiary/aromatic N) is 5. The van der Waals surface area contributed by atoms with Crippen molar-refractivity contribution in [2.24, 2.45) is 5.92 Å². The fourth-order valence-corrected chi connectivity index (χ4v) is 3.80. The molecular formula is C21H22FN5O2. The molecule has 7 nitrogen and oxygen atoms in total. The van der Waals surface area contributed by atoms with E-state index >= 15 is 0 Å². The van der Waals surface area contributed by atoms with Gasteiger partial charge in [0.05, 0.1) is 11.3 Å². The molecule has 1 amide bonds. The van der Waals surface area contributed by atoms with Crippen molar-refractivity contribution in [1.29, 1.82) is 0 Å². The smallest absolute Gasteiger partial charge is 0.257 e. The van der Waals surface area contributed by atoms with Crippen LogP contribution < -0.4 is 0 Å². The van der Waals surface area contributed by atoms with Crippen LogP contribution in [0.5, 0.6) is 5.75 Å². The summed E-state index contributed by atoms with van der Waals surface area (Å²) in [6.07, 6.45) is 5.23. The lowest BCUT2D eigenvalue weighted by Crippen LogP contribution is -2.40. The zero-order valence-electron chi connectivity index (χ0n) is 15.9. The number of rotatable bonds is 5. The number of tetrazole rings is 1. The highest BCUT2D eigenvalue weighted by molar-refractivity contribution is 5.97. The number of likely N-dealkylation sites (tertiary alicyclic amines) is 1. The second-order valence-electron chi connectivity index (χ2n) is 7.38. The summed E-state index contributed by atoms with van der Waals surface area (Å²) in [5.41, 5.74) is 1.96. The van der Waals surface area contributed by atoms with Crippen molar-refractivity contribution in [3.8, 4) is 11.4 Å². The fourth-order valence-electron chi connectivity index (χ4n) is 3.80. The number of phenolic OH excluding ortho intramolecular Hbond substituents is 1. The van der Waals surface area contributed by atoms with Crippen LogP contribution >= 0.6 is 0 Å². The van der Waals surface area contributed by atoms with Gasteiger partial charge in [-0.2, -0.15) is 0 Å². The number of carbonyl (C=O) groups excluding carboxylic acids is 1. The highest BCUT2D eigenvalue weighted by Crippen LogP contribution is 2.27. The van der Waals surface area contributed by atoms with E-state index in [1.807, 2.05) is 17.0 Å². The van der Waals surface area contributed by atoms with Crippen LogP contribution in [0.15, 0.2) is 48.8 Å². The summed E-state index contributed by atoms with van der Waals surface area (Å²) in [7, 11) is 0. The number of benzene rings is 2. The van der Waals surface area contributed by atoms with Crippen molar-refractivity contribution < 1.29 is 14.3 Å². The summed E-state index contributed by atoms with van der Waals surface area (Å²) in [4.78, 5) is 14.8. The van der Waals surface area contributed by atoms with E-state index in [2.05, 4.69) is 15.5 Å². The Hall–Kier alpha value is -3.29. The zero-order valence-corrected chi connectivity index (χ0v) is 15.9. The zero-order chi connectivity index (χ0) is 20.2. The Bertz CT molecular complexity index is 975. The molecule has 2 heterocycles. The third-order valence-corrected chi connectivity index (χ3v) is 5.39. The molecule has 0 saturated carbocycles. The minimum atomic E-state index is -0.228. The topological polar surface area (TPSA) is 84.1 Å². The summed E-state index contributed by atoms with van der Waals surface area (Å²) in [5.74, 6) is -0.0943. The number of hydrogen-bond donors (Lipinski definition) is 1.